The second-order valence-electron chi connectivity index (χ2n) is 7.98. The molecule has 4 aromatic rings. The van der Waals surface area contributed by atoms with Gasteiger partial charge in [0.1, 0.15) is 0 Å². The fourth-order valence-corrected chi connectivity index (χ4v) is 5.85. The molecule has 5 nitrogen and oxygen atoms in total. The maximum absolute atomic E-state index is 13.7. The molecule has 0 bridgehead atoms. The summed E-state index contributed by atoms with van der Waals surface area (Å²) < 4.78 is 3.00. The summed E-state index contributed by atoms with van der Waals surface area (Å²) in [6, 6.07) is 25.9. The summed E-state index contributed by atoms with van der Waals surface area (Å²) >= 11 is 8.02. The normalized spacial score (nSPS) is 15.9. The lowest BCUT2D eigenvalue weighted by molar-refractivity contribution is 0.478. The minimum atomic E-state index is -0.501. The molecule has 3 aromatic carbocycles. The third kappa shape index (κ3) is 3.95. The fourth-order valence-electron chi connectivity index (χ4n) is 4.28. The lowest BCUT2D eigenvalue weighted by atomic mass is 10.1. The van der Waals surface area contributed by atoms with Gasteiger partial charge < -0.3 is 5.73 Å². The summed E-state index contributed by atoms with van der Waals surface area (Å²) in [7, 11) is 0. The molecular weight excluding hydrogens is 454 g/mol. The van der Waals surface area contributed by atoms with Crippen molar-refractivity contribution in [1.82, 2.24) is 9.13 Å². The Kier molecular flexibility index (Phi) is 5.98. The average molecular weight is 476 g/mol. The number of hydrogen-bond acceptors (Lipinski definition) is 4. The molecule has 0 fully saturated rings. The van der Waals surface area contributed by atoms with E-state index in [4.69, 9.17) is 17.3 Å². The van der Waals surface area contributed by atoms with Crippen molar-refractivity contribution in [2.45, 2.75) is 23.7 Å². The lowest BCUT2D eigenvalue weighted by Gasteiger charge is -2.20. The van der Waals surface area contributed by atoms with Gasteiger partial charge in [0, 0.05) is 22.4 Å². The summed E-state index contributed by atoms with van der Waals surface area (Å²) in [6.45, 7) is 0.0750. The molecule has 0 aliphatic carbocycles. The van der Waals surface area contributed by atoms with Crippen LogP contribution in [0.2, 0.25) is 5.02 Å². The Morgan fingerprint density at radius 1 is 0.939 bits per heavy atom. The zero-order chi connectivity index (χ0) is 22.9. The average Bonchev–Trinajstić information content (AvgIpc) is 3.29. The Labute approximate surface area is 200 Å². The van der Waals surface area contributed by atoms with Gasteiger partial charge in [0.25, 0.3) is 5.56 Å². The van der Waals surface area contributed by atoms with Crippen LogP contribution in [-0.4, -0.2) is 14.9 Å². The fraction of sp³-hybridized carbons (Fsp3) is 0.154. The van der Waals surface area contributed by atoms with Crippen molar-refractivity contribution < 1.29 is 0 Å². The largest absolute Gasteiger partial charge is 0.332 e. The number of nitrogens with zero attached hydrogens (tertiary/aromatic N) is 2. The minimum Gasteiger partial charge on any atom is -0.322 e. The molecule has 7 heteroatoms. The smallest absolute Gasteiger partial charge is 0.322 e. The van der Waals surface area contributed by atoms with Crippen molar-refractivity contribution in [2.24, 2.45) is 5.73 Å². The van der Waals surface area contributed by atoms with Crippen molar-refractivity contribution in [1.29, 1.82) is 0 Å². The molecule has 0 saturated heterocycles. The molecule has 5 rings (SSSR count). The maximum atomic E-state index is 13.7. The first-order valence-corrected chi connectivity index (χ1v) is 12.0. The molecule has 1 aromatic heterocycles. The van der Waals surface area contributed by atoms with E-state index in [1.54, 1.807) is 10.6 Å². The van der Waals surface area contributed by atoms with Crippen molar-refractivity contribution in [3.63, 3.8) is 0 Å². The van der Waals surface area contributed by atoms with Crippen molar-refractivity contribution >= 4 is 23.4 Å². The Bertz CT molecular complexity index is 1420. The number of fused-ring (bicyclic) bond motifs is 1. The van der Waals surface area contributed by atoms with Crippen LogP contribution in [0, 0.1) is 0 Å². The summed E-state index contributed by atoms with van der Waals surface area (Å²) in [4.78, 5) is 27.5. The van der Waals surface area contributed by atoms with E-state index < -0.39 is 6.04 Å². The Balaban J connectivity index is 1.73. The van der Waals surface area contributed by atoms with Gasteiger partial charge in [-0.3, -0.25) is 13.9 Å². The van der Waals surface area contributed by atoms with E-state index >= 15 is 0 Å². The molecule has 0 spiro atoms. The first-order chi connectivity index (χ1) is 16.1. The topological polar surface area (TPSA) is 70.0 Å². The van der Waals surface area contributed by atoms with Gasteiger partial charge in [0.15, 0.2) is 0 Å². The van der Waals surface area contributed by atoms with E-state index in [1.807, 2.05) is 78.9 Å². The highest BCUT2D eigenvalue weighted by Gasteiger charge is 2.32. The monoisotopic (exact) mass is 475 g/mol. The van der Waals surface area contributed by atoms with Crippen molar-refractivity contribution in [3.8, 4) is 11.1 Å². The molecule has 2 N–H and O–H groups in total. The number of halogens is 1. The number of aromatic nitrogens is 2. The molecule has 0 amide bonds. The number of hydrogen-bond donors (Lipinski definition) is 1. The first kappa shape index (κ1) is 21.8. The van der Waals surface area contributed by atoms with Crippen LogP contribution >= 0.6 is 23.4 Å². The number of benzene rings is 3. The summed E-state index contributed by atoms with van der Waals surface area (Å²) in [5, 5.41) is 1.12. The number of rotatable bonds is 5. The van der Waals surface area contributed by atoms with Gasteiger partial charge in [-0.15, -0.1) is 11.8 Å². The van der Waals surface area contributed by atoms with Crippen LogP contribution in [-0.2, 0) is 6.54 Å². The van der Waals surface area contributed by atoms with Gasteiger partial charge in [-0.05, 0) is 17.2 Å². The maximum Gasteiger partial charge on any atom is 0.332 e. The Hall–Kier alpha value is -3.06. The second kappa shape index (κ2) is 9.06. The molecule has 0 radical (unpaired) electrons. The van der Waals surface area contributed by atoms with Crippen LogP contribution in [0.15, 0.2) is 99.5 Å². The third-order valence-electron chi connectivity index (χ3n) is 5.95. The first-order valence-electron chi connectivity index (χ1n) is 10.7. The molecule has 0 saturated carbocycles. The summed E-state index contributed by atoms with van der Waals surface area (Å²) in [5.41, 5.74) is 8.67. The number of thioether (sulfide) groups is 1. The highest BCUT2D eigenvalue weighted by Crippen LogP contribution is 2.41. The molecule has 2 unspecified atom stereocenters. The van der Waals surface area contributed by atoms with Crippen LogP contribution in [0.25, 0.3) is 11.1 Å². The minimum absolute atomic E-state index is 0.0750. The highest BCUT2D eigenvalue weighted by molar-refractivity contribution is 7.99. The van der Waals surface area contributed by atoms with Gasteiger partial charge in [0.05, 0.1) is 23.2 Å². The molecule has 2 heterocycles. The Morgan fingerprint density at radius 2 is 1.58 bits per heavy atom. The molecular formula is C26H22ClN3O2S. The van der Waals surface area contributed by atoms with E-state index in [0.29, 0.717) is 26.9 Å². The molecule has 2 atom stereocenters. The molecule has 1 aliphatic heterocycles. The summed E-state index contributed by atoms with van der Waals surface area (Å²) in [6.07, 6.45) is 0. The predicted octanol–water partition coefficient (Wildman–Crippen LogP) is 4.73. The zero-order valence-corrected chi connectivity index (χ0v) is 19.3. The van der Waals surface area contributed by atoms with Crippen LogP contribution in [0.5, 0.6) is 0 Å². The van der Waals surface area contributed by atoms with Gasteiger partial charge in [0.2, 0.25) is 0 Å². The zero-order valence-electron chi connectivity index (χ0n) is 17.7. The molecule has 1 aliphatic rings. The molecule has 33 heavy (non-hydrogen) atoms. The number of nitrogens with two attached hydrogens (primary N) is 1. The SMILES string of the molecule is NC(Cn1c(=O)c(-c2ccccc2Cl)c2n(c1=O)C(c1ccccc1)CS2)c1ccccc1. The quantitative estimate of drug-likeness (QED) is 0.424. The summed E-state index contributed by atoms with van der Waals surface area (Å²) in [5.74, 6) is 0.658. The molecule has 166 valence electrons. The highest BCUT2D eigenvalue weighted by atomic mass is 35.5. The second-order valence-corrected chi connectivity index (χ2v) is 9.40. The third-order valence-corrected chi connectivity index (χ3v) is 7.44. The van der Waals surface area contributed by atoms with Crippen LogP contribution in [0.1, 0.15) is 23.2 Å². The van der Waals surface area contributed by atoms with Crippen molar-refractivity contribution in [2.75, 3.05) is 5.75 Å². The lowest BCUT2D eigenvalue weighted by Crippen LogP contribution is -2.43. The van der Waals surface area contributed by atoms with Gasteiger partial charge in [-0.1, -0.05) is 90.5 Å². The van der Waals surface area contributed by atoms with Crippen LogP contribution < -0.4 is 17.0 Å². The standard InChI is InChI=1S/C26H22ClN3O2S/c27-20-14-8-7-13-19(20)23-24(31)29(15-21(28)17-9-3-1-4-10-17)26(32)30-22(16-33-25(23)30)18-11-5-2-6-12-18/h1-14,21-22H,15-16,28H2. The van der Waals surface area contributed by atoms with Crippen molar-refractivity contribution in [3.05, 3.63) is 122 Å². The van der Waals surface area contributed by atoms with E-state index in [9.17, 15) is 9.59 Å². The van der Waals surface area contributed by atoms with Gasteiger partial charge in [-0.2, -0.15) is 0 Å². The van der Waals surface area contributed by atoms with E-state index in [0.717, 1.165) is 11.1 Å². The predicted molar refractivity (Wildman–Crippen MR) is 134 cm³/mol. The Morgan fingerprint density at radius 3 is 2.27 bits per heavy atom. The van der Waals surface area contributed by atoms with Gasteiger partial charge >= 0.3 is 5.69 Å². The van der Waals surface area contributed by atoms with Crippen LogP contribution in [0.3, 0.4) is 0 Å². The van der Waals surface area contributed by atoms with E-state index in [2.05, 4.69) is 0 Å². The van der Waals surface area contributed by atoms with Gasteiger partial charge in [-0.25, -0.2) is 4.79 Å². The van der Waals surface area contributed by atoms with E-state index in [1.165, 1.54) is 16.3 Å². The van der Waals surface area contributed by atoms with Crippen LogP contribution in [0.4, 0.5) is 0 Å². The van der Waals surface area contributed by atoms with E-state index in [-0.39, 0.29) is 23.8 Å².